The molecule has 28 heavy (non-hydrogen) atoms. The van der Waals surface area contributed by atoms with Gasteiger partial charge in [-0.1, -0.05) is 0 Å². The molecule has 0 bridgehead atoms. The van der Waals surface area contributed by atoms with Gasteiger partial charge in [0.15, 0.2) is 17.1 Å². The molecule has 1 N–H and O–H groups in total. The average molecular weight is 386 g/mol. The van der Waals surface area contributed by atoms with E-state index in [9.17, 15) is 9.59 Å². The van der Waals surface area contributed by atoms with Gasteiger partial charge in [-0.05, 0) is 38.1 Å². The zero-order chi connectivity index (χ0) is 20.4. The fraction of sp³-hybridized carbons (Fsp3) is 0.300. The highest BCUT2D eigenvalue weighted by Gasteiger charge is 2.18. The number of aromatic nitrogens is 1. The molecule has 0 spiro atoms. The summed E-state index contributed by atoms with van der Waals surface area (Å²) in [5.41, 5.74) is 1.90. The minimum atomic E-state index is -0.432. The van der Waals surface area contributed by atoms with E-state index in [1.165, 1.54) is 21.3 Å². The Labute approximate surface area is 161 Å². The van der Waals surface area contributed by atoms with Gasteiger partial charge in [-0.3, -0.25) is 9.36 Å². The van der Waals surface area contributed by atoms with Gasteiger partial charge in [-0.25, -0.2) is 4.79 Å². The van der Waals surface area contributed by atoms with Gasteiger partial charge in [0, 0.05) is 23.4 Å². The van der Waals surface area contributed by atoms with Crippen LogP contribution in [-0.4, -0.2) is 31.8 Å². The normalized spacial score (nSPS) is 10.9. The number of methoxy groups -OCH3 is 3. The van der Waals surface area contributed by atoms with Crippen LogP contribution in [-0.2, 0) is 0 Å². The molecule has 0 unspecified atom stereocenters. The van der Waals surface area contributed by atoms with Crippen molar-refractivity contribution in [3.05, 3.63) is 46.4 Å². The fourth-order valence-electron chi connectivity index (χ4n) is 3.02. The summed E-state index contributed by atoms with van der Waals surface area (Å²) in [5, 5.41) is 2.79. The number of amides is 1. The summed E-state index contributed by atoms with van der Waals surface area (Å²) in [5.74, 6) is 0.354. The van der Waals surface area contributed by atoms with Crippen LogP contribution in [0.5, 0.6) is 17.2 Å². The smallest absolute Gasteiger partial charge is 0.420 e. The summed E-state index contributed by atoms with van der Waals surface area (Å²) in [6.45, 7) is 3.80. The van der Waals surface area contributed by atoms with Crippen molar-refractivity contribution in [1.82, 2.24) is 4.57 Å². The maximum Gasteiger partial charge on any atom is 0.420 e. The van der Waals surface area contributed by atoms with Crippen molar-refractivity contribution >= 4 is 22.7 Å². The van der Waals surface area contributed by atoms with Crippen molar-refractivity contribution < 1.29 is 23.4 Å². The largest absolute Gasteiger partial charge is 0.493 e. The number of carbonyl (C=O) groups is 1. The van der Waals surface area contributed by atoms with Crippen molar-refractivity contribution in [2.24, 2.45) is 0 Å². The SMILES string of the molecule is COc1cc(C(=O)Nc2ccc3c(c2)oc(=O)n3C(C)C)cc(OC)c1OC. The zero-order valence-corrected chi connectivity index (χ0v) is 16.4. The first-order valence-electron chi connectivity index (χ1n) is 8.66. The van der Waals surface area contributed by atoms with Crippen LogP contribution in [0.1, 0.15) is 30.2 Å². The predicted molar refractivity (Wildman–Crippen MR) is 105 cm³/mol. The van der Waals surface area contributed by atoms with Crippen molar-refractivity contribution in [3.63, 3.8) is 0 Å². The second-order valence-corrected chi connectivity index (χ2v) is 6.38. The number of hydrogen-bond acceptors (Lipinski definition) is 6. The van der Waals surface area contributed by atoms with E-state index in [2.05, 4.69) is 5.32 Å². The second kappa shape index (κ2) is 7.67. The zero-order valence-electron chi connectivity index (χ0n) is 16.4. The van der Waals surface area contributed by atoms with E-state index < -0.39 is 5.76 Å². The lowest BCUT2D eigenvalue weighted by Gasteiger charge is -2.14. The van der Waals surface area contributed by atoms with Gasteiger partial charge in [0.05, 0.1) is 26.8 Å². The number of anilines is 1. The summed E-state index contributed by atoms with van der Waals surface area (Å²) in [6, 6.07) is 8.16. The molecule has 0 fully saturated rings. The van der Waals surface area contributed by atoms with Gasteiger partial charge >= 0.3 is 5.76 Å². The van der Waals surface area contributed by atoms with E-state index in [-0.39, 0.29) is 11.9 Å². The van der Waals surface area contributed by atoms with Crippen LogP contribution in [0.15, 0.2) is 39.5 Å². The standard InChI is InChI=1S/C20H22N2O6/c1-11(2)22-14-7-6-13(10-15(14)28-20(22)24)21-19(23)12-8-16(25-3)18(27-5)17(9-12)26-4/h6-11H,1-5H3,(H,21,23). The third-order valence-electron chi connectivity index (χ3n) is 4.31. The van der Waals surface area contributed by atoms with Crippen molar-refractivity contribution in [1.29, 1.82) is 0 Å². The molecule has 8 heteroatoms. The first kappa shape index (κ1) is 19.3. The molecule has 0 radical (unpaired) electrons. The summed E-state index contributed by atoms with van der Waals surface area (Å²) in [4.78, 5) is 24.7. The summed E-state index contributed by atoms with van der Waals surface area (Å²) >= 11 is 0. The molecule has 0 atom stereocenters. The number of hydrogen-bond donors (Lipinski definition) is 1. The highest BCUT2D eigenvalue weighted by Crippen LogP contribution is 2.38. The van der Waals surface area contributed by atoms with Crippen molar-refractivity contribution in [2.75, 3.05) is 26.6 Å². The molecule has 0 aliphatic heterocycles. The van der Waals surface area contributed by atoms with Crippen LogP contribution in [0.4, 0.5) is 5.69 Å². The number of oxazole rings is 1. The summed E-state index contributed by atoms with van der Waals surface area (Å²) in [7, 11) is 4.45. The molecule has 1 aromatic heterocycles. The molecule has 148 valence electrons. The minimum absolute atomic E-state index is 0.0339. The Balaban J connectivity index is 1.94. The van der Waals surface area contributed by atoms with Crippen LogP contribution in [0, 0.1) is 0 Å². The van der Waals surface area contributed by atoms with Gasteiger partial charge in [0.1, 0.15) is 0 Å². The predicted octanol–water partition coefficient (Wildman–Crippen LogP) is 3.45. The van der Waals surface area contributed by atoms with Crippen LogP contribution >= 0.6 is 0 Å². The third-order valence-corrected chi connectivity index (χ3v) is 4.31. The van der Waals surface area contributed by atoms with Crippen LogP contribution in [0.2, 0.25) is 0 Å². The maximum atomic E-state index is 12.7. The molecule has 0 aliphatic carbocycles. The van der Waals surface area contributed by atoms with E-state index in [4.69, 9.17) is 18.6 Å². The molecule has 1 heterocycles. The monoisotopic (exact) mass is 386 g/mol. The fourth-order valence-corrected chi connectivity index (χ4v) is 3.02. The van der Waals surface area contributed by atoms with Crippen LogP contribution in [0.25, 0.3) is 11.1 Å². The van der Waals surface area contributed by atoms with Gasteiger partial charge in [0.2, 0.25) is 5.75 Å². The van der Waals surface area contributed by atoms with E-state index in [1.54, 1.807) is 34.9 Å². The molecule has 0 saturated carbocycles. The van der Waals surface area contributed by atoms with E-state index in [0.29, 0.717) is 39.6 Å². The van der Waals surface area contributed by atoms with Gasteiger partial charge in [-0.15, -0.1) is 0 Å². The number of rotatable bonds is 6. The highest BCUT2D eigenvalue weighted by molar-refractivity contribution is 6.05. The molecule has 8 nitrogen and oxygen atoms in total. The summed E-state index contributed by atoms with van der Waals surface area (Å²) in [6.07, 6.45) is 0. The molecular weight excluding hydrogens is 364 g/mol. The Bertz CT molecular complexity index is 1050. The topological polar surface area (TPSA) is 91.9 Å². The Kier molecular flexibility index (Phi) is 5.30. The third kappa shape index (κ3) is 3.40. The average Bonchev–Trinajstić information content (AvgIpc) is 3.01. The molecular formula is C20H22N2O6. The molecule has 1 amide bonds. The van der Waals surface area contributed by atoms with Crippen molar-refractivity contribution in [3.8, 4) is 17.2 Å². The van der Waals surface area contributed by atoms with Crippen LogP contribution in [0.3, 0.4) is 0 Å². The van der Waals surface area contributed by atoms with Gasteiger partial charge in [0.25, 0.3) is 5.91 Å². The minimum Gasteiger partial charge on any atom is -0.493 e. The Morgan fingerprint density at radius 3 is 2.21 bits per heavy atom. The maximum absolute atomic E-state index is 12.7. The van der Waals surface area contributed by atoms with Gasteiger partial charge < -0.3 is 23.9 Å². The number of ether oxygens (including phenoxy) is 3. The van der Waals surface area contributed by atoms with Crippen molar-refractivity contribution in [2.45, 2.75) is 19.9 Å². The lowest BCUT2D eigenvalue weighted by molar-refractivity contribution is 0.102. The number of nitrogens with zero attached hydrogens (tertiary/aromatic N) is 1. The Hall–Kier alpha value is -3.42. The Morgan fingerprint density at radius 2 is 1.68 bits per heavy atom. The molecule has 0 saturated heterocycles. The number of carbonyl (C=O) groups excluding carboxylic acids is 1. The lowest BCUT2D eigenvalue weighted by Crippen LogP contribution is -2.15. The lowest BCUT2D eigenvalue weighted by atomic mass is 10.1. The van der Waals surface area contributed by atoms with E-state index >= 15 is 0 Å². The number of fused-ring (bicyclic) bond motifs is 1. The number of nitrogens with one attached hydrogen (secondary N) is 1. The second-order valence-electron chi connectivity index (χ2n) is 6.38. The molecule has 2 aromatic carbocycles. The van der Waals surface area contributed by atoms with Gasteiger partial charge in [-0.2, -0.15) is 0 Å². The molecule has 3 aromatic rings. The quantitative estimate of drug-likeness (QED) is 0.698. The van der Waals surface area contributed by atoms with E-state index in [1.807, 2.05) is 13.8 Å². The number of benzene rings is 2. The Morgan fingerprint density at radius 1 is 1.04 bits per heavy atom. The molecule has 3 rings (SSSR count). The van der Waals surface area contributed by atoms with Crippen LogP contribution < -0.4 is 25.3 Å². The first-order valence-corrected chi connectivity index (χ1v) is 8.66. The van der Waals surface area contributed by atoms with E-state index in [0.717, 1.165) is 0 Å². The molecule has 0 aliphatic rings. The highest BCUT2D eigenvalue weighted by atomic mass is 16.5. The summed E-state index contributed by atoms with van der Waals surface area (Å²) < 4.78 is 22.7. The first-order chi connectivity index (χ1) is 13.4.